The molecule has 1 atom stereocenters. The number of nitrogens with one attached hydrogen (secondary N) is 2. The largest absolute Gasteiger partial charge is 0.381 e. The zero-order valence-corrected chi connectivity index (χ0v) is 21.5. The zero-order chi connectivity index (χ0) is 24.8. The minimum atomic E-state index is -0.0116. The quantitative estimate of drug-likeness (QED) is 0.420. The molecule has 0 unspecified atom stereocenters. The van der Waals surface area contributed by atoms with E-state index in [1.807, 2.05) is 6.92 Å². The van der Waals surface area contributed by atoms with E-state index < -0.39 is 0 Å². The van der Waals surface area contributed by atoms with Gasteiger partial charge in [0.25, 0.3) is 5.91 Å². The third kappa shape index (κ3) is 4.00. The molecule has 2 aliphatic heterocycles. The van der Waals surface area contributed by atoms with Gasteiger partial charge < -0.3 is 20.4 Å². The number of hydrogen-bond donors (Lipinski definition) is 2. The lowest BCUT2D eigenvalue weighted by Crippen LogP contribution is -2.46. The summed E-state index contributed by atoms with van der Waals surface area (Å²) in [5, 5.41) is 8.69. The summed E-state index contributed by atoms with van der Waals surface area (Å²) in [5.41, 5.74) is 4.62. The van der Waals surface area contributed by atoms with Crippen LogP contribution < -0.4 is 15.5 Å². The standard InChI is InChI=1S/C28H30N6OS/c1-4-19-14-18(15-24(31-19)34-12-10-33(5-2)11-13-34)21-7-6-20-22(32-21)8-9-23-25(20)26-27(36-23)28(35)30-17(3)16-29-26/h4,6-9,14-15,17,29H,1,5,10-13,16H2,2-3H3,(H,30,35)/t17-/m1/s1. The number of thiophene rings is 1. The van der Waals surface area contributed by atoms with E-state index in [1.165, 1.54) is 11.3 Å². The minimum absolute atomic E-state index is 0.0116. The van der Waals surface area contributed by atoms with E-state index >= 15 is 0 Å². The first-order valence-corrected chi connectivity index (χ1v) is 13.4. The highest BCUT2D eigenvalue weighted by Gasteiger charge is 2.25. The van der Waals surface area contributed by atoms with Crippen molar-refractivity contribution in [3.05, 3.63) is 53.5 Å². The van der Waals surface area contributed by atoms with Crippen molar-refractivity contribution in [2.75, 3.05) is 49.5 Å². The summed E-state index contributed by atoms with van der Waals surface area (Å²) in [6.45, 7) is 14.0. The Kier molecular flexibility index (Phi) is 5.85. The smallest absolute Gasteiger partial charge is 0.263 e. The predicted octanol–water partition coefficient (Wildman–Crippen LogP) is 4.84. The Morgan fingerprint density at radius 2 is 1.97 bits per heavy atom. The van der Waals surface area contributed by atoms with Gasteiger partial charge in [-0.2, -0.15) is 0 Å². The van der Waals surface area contributed by atoms with Crippen LogP contribution in [0.1, 0.15) is 29.2 Å². The number of amides is 1. The van der Waals surface area contributed by atoms with Crippen LogP contribution in [0.2, 0.25) is 0 Å². The normalized spacial score (nSPS) is 18.6. The van der Waals surface area contributed by atoms with Crippen molar-refractivity contribution < 1.29 is 4.79 Å². The van der Waals surface area contributed by atoms with E-state index in [4.69, 9.17) is 9.97 Å². The Bertz CT molecular complexity index is 1490. The van der Waals surface area contributed by atoms with Gasteiger partial charge in [-0.3, -0.25) is 4.79 Å². The summed E-state index contributed by atoms with van der Waals surface area (Å²) in [7, 11) is 0. The maximum atomic E-state index is 12.7. The maximum absolute atomic E-state index is 12.7. The van der Waals surface area contributed by atoms with E-state index in [-0.39, 0.29) is 11.9 Å². The van der Waals surface area contributed by atoms with Crippen molar-refractivity contribution in [1.29, 1.82) is 0 Å². The number of hydrogen-bond acceptors (Lipinski definition) is 7. The van der Waals surface area contributed by atoms with Crippen LogP contribution in [0.25, 0.3) is 38.3 Å². The molecular weight excluding hydrogens is 468 g/mol. The summed E-state index contributed by atoms with van der Waals surface area (Å²) in [6.07, 6.45) is 1.80. The van der Waals surface area contributed by atoms with Gasteiger partial charge in [0.2, 0.25) is 0 Å². The monoisotopic (exact) mass is 498 g/mol. The van der Waals surface area contributed by atoms with Crippen molar-refractivity contribution in [2.45, 2.75) is 19.9 Å². The summed E-state index contributed by atoms with van der Waals surface area (Å²) in [6, 6.07) is 12.6. The van der Waals surface area contributed by atoms with Gasteiger partial charge in [-0.1, -0.05) is 13.5 Å². The number of benzene rings is 1. The van der Waals surface area contributed by atoms with Crippen LogP contribution in [0.3, 0.4) is 0 Å². The van der Waals surface area contributed by atoms with E-state index in [0.29, 0.717) is 6.54 Å². The molecule has 2 aliphatic rings. The Morgan fingerprint density at radius 3 is 2.75 bits per heavy atom. The first-order chi connectivity index (χ1) is 17.5. The SMILES string of the molecule is C=Cc1cc(-c2ccc3c(ccc4sc5c(c43)NC[C@@H](C)NC5=O)n2)cc(N2CCN(CC)CC2)n1. The van der Waals surface area contributed by atoms with E-state index in [9.17, 15) is 4.79 Å². The number of aromatic nitrogens is 2. The van der Waals surface area contributed by atoms with Gasteiger partial charge >= 0.3 is 0 Å². The molecule has 3 aromatic heterocycles. The number of piperazine rings is 1. The lowest BCUT2D eigenvalue weighted by molar-refractivity contribution is 0.0949. The highest BCUT2D eigenvalue weighted by Crippen LogP contribution is 2.41. The predicted molar refractivity (Wildman–Crippen MR) is 150 cm³/mol. The van der Waals surface area contributed by atoms with Gasteiger partial charge in [-0.05, 0) is 55.9 Å². The Hall–Kier alpha value is -3.49. The molecule has 8 heteroatoms. The molecule has 0 bridgehead atoms. The minimum Gasteiger partial charge on any atom is -0.381 e. The Morgan fingerprint density at radius 1 is 1.14 bits per heavy atom. The average molecular weight is 499 g/mol. The number of fused-ring (bicyclic) bond motifs is 5. The van der Waals surface area contributed by atoms with Crippen LogP contribution in [-0.2, 0) is 0 Å². The molecule has 6 rings (SSSR count). The molecule has 7 nitrogen and oxygen atoms in total. The number of likely N-dealkylation sites (N-methyl/N-ethyl adjacent to an activating group) is 1. The summed E-state index contributed by atoms with van der Waals surface area (Å²) in [4.78, 5) is 28.2. The molecule has 4 aromatic rings. The number of anilines is 2. The number of carbonyl (C=O) groups excluding carboxylic acids is 1. The van der Waals surface area contributed by atoms with Crippen LogP contribution in [-0.4, -0.2) is 66.1 Å². The topological polar surface area (TPSA) is 73.4 Å². The third-order valence-electron chi connectivity index (χ3n) is 7.17. The first-order valence-electron chi connectivity index (χ1n) is 12.6. The fourth-order valence-electron chi connectivity index (χ4n) is 5.13. The molecular formula is C28H30N6OS. The Balaban J connectivity index is 1.41. The van der Waals surface area contributed by atoms with Crippen molar-refractivity contribution in [2.24, 2.45) is 0 Å². The number of carbonyl (C=O) groups is 1. The van der Waals surface area contributed by atoms with Gasteiger partial charge in [0.15, 0.2) is 0 Å². The Labute approximate surface area is 214 Å². The van der Waals surface area contributed by atoms with E-state index in [2.05, 4.69) is 70.3 Å². The highest BCUT2D eigenvalue weighted by molar-refractivity contribution is 7.21. The maximum Gasteiger partial charge on any atom is 0.263 e. The van der Waals surface area contributed by atoms with Gasteiger partial charge in [0.1, 0.15) is 10.7 Å². The molecule has 1 aromatic carbocycles. The van der Waals surface area contributed by atoms with Crippen LogP contribution >= 0.6 is 11.3 Å². The molecule has 36 heavy (non-hydrogen) atoms. The second-order valence-corrected chi connectivity index (χ2v) is 10.6. The molecule has 1 fully saturated rings. The molecule has 0 radical (unpaired) electrons. The second kappa shape index (κ2) is 9.19. The molecule has 0 spiro atoms. The van der Waals surface area contributed by atoms with E-state index in [0.717, 1.165) is 87.0 Å². The van der Waals surface area contributed by atoms with E-state index in [1.54, 1.807) is 6.08 Å². The number of pyridine rings is 2. The number of nitrogens with zero attached hydrogens (tertiary/aromatic N) is 4. The van der Waals surface area contributed by atoms with Gasteiger partial charge in [-0.25, -0.2) is 9.97 Å². The summed E-state index contributed by atoms with van der Waals surface area (Å²) >= 11 is 1.53. The molecule has 1 saturated heterocycles. The third-order valence-corrected chi connectivity index (χ3v) is 8.32. The van der Waals surface area contributed by atoms with Gasteiger partial charge in [0.05, 0.1) is 22.6 Å². The average Bonchev–Trinajstić information content (AvgIpc) is 3.24. The first kappa shape index (κ1) is 22.9. The fraction of sp³-hybridized carbons (Fsp3) is 0.321. The van der Waals surface area contributed by atoms with Crippen LogP contribution in [0.5, 0.6) is 0 Å². The van der Waals surface area contributed by atoms with Gasteiger partial charge in [0, 0.05) is 59.8 Å². The van der Waals surface area contributed by atoms with Crippen molar-refractivity contribution >= 4 is 55.8 Å². The number of rotatable bonds is 4. The summed E-state index contributed by atoms with van der Waals surface area (Å²) in [5.74, 6) is 0.963. The second-order valence-electron chi connectivity index (χ2n) is 9.53. The highest BCUT2D eigenvalue weighted by atomic mass is 32.1. The van der Waals surface area contributed by atoms with Crippen molar-refractivity contribution in [3.8, 4) is 11.3 Å². The lowest BCUT2D eigenvalue weighted by atomic mass is 10.1. The van der Waals surface area contributed by atoms with Gasteiger partial charge in [-0.15, -0.1) is 11.3 Å². The van der Waals surface area contributed by atoms with Crippen molar-refractivity contribution in [3.63, 3.8) is 0 Å². The van der Waals surface area contributed by atoms with Crippen molar-refractivity contribution in [1.82, 2.24) is 20.2 Å². The lowest BCUT2D eigenvalue weighted by Gasteiger charge is -2.35. The van der Waals surface area contributed by atoms with Crippen LogP contribution in [0, 0.1) is 0 Å². The van der Waals surface area contributed by atoms with Crippen LogP contribution in [0.4, 0.5) is 11.5 Å². The molecule has 2 N–H and O–H groups in total. The molecule has 0 saturated carbocycles. The fourth-order valence-corrected chi connectivity index (χ4v) is 6.23. The molecule has 0 aliphatic carbocycles. The molecule has 5 heterocycles. The zero-order valence-electron chi connectivity index (χ0n) is 20.7. The van der Waals surface area contributed by atoms with Crippen LogP contribution in [0.15, 0.2) is 43.0 Å². The molecule has 184 valence electrons. The summed E-state index contributed by atoms with van der Waals surface area (Å²) < 4.78 is 1.09. The molecule has 1 amide bonds.